The van der Waals surface area contributed by atoms with Gasteiger partial charge in [0.15, 0.2) is 0 Å². The van der Waals surface area contributed by atoms with E-state index in [0.717, 1.165) is 24.4 Å². The number of hydrogen-bond donors (Lipinski definition) is 0. The first-order valence-electron chi connectivity index (χ1n) is 8.47. The molecule has 1 aromatic carbocycles. The highest BCUT2D eigenvalue weighted by Crippen LogP contribution is 2.46. The summed E-state index contributed by atoms with van der Waals surface area (Å²) in [6, 6.07) is 7.36. The van der Waals surface area contributed by atoms with Gasteiger partial charge in [-0.1, -0.05) is 12.1 Å². The lowest BCUT2D eigenvalue weighted by Crippen LogP contribution is -2.32. The van der Waals surface area contributed by atoms with Gasteiger partial charge in [0.1, 0.15) is 5.69 Å². The minimum atomic E-state index is -4.51. The SMILES string of the molecule is CC1(Sc2cccc(C(F)(F)F)c2)CCOC(c2ccc(C(F)(F)F)nc2)C1. The third-order valence-corrected chi connectivity index (χ3v) is 5.89. The molecule has 0 amide bonds. The smallest absolute Gasteiger partial charge is 0.373 e. The summed E-state index contributed by atoms with van der Waals surface area (Å²) in [5.41, 5.74) is -1.17. The maximum Gasteiger partial charge on any atom is 0.433 e. The molecule has 2 aromatic rings. The average Bonchev–Trinajstić information content (AvgIpc) is 2.60. The highest BCUT2D eigenvalue weighted by Gasteiger charge is 2.37. The van der Waals surface area contributed by atoms with E-state index in [-0.39, 0.29) is 0 Å². The molecule has 0 N–H and O–H groups in total. The average molecular weight is 421 g/mol. The third kappa shape index (κ3) is 5.00. The number of pyridine rings is 1. The van der Waals surface area contributed by atoms with E-state index in [1.165, 1.54) is 23.9 Å². The van der Waals surface area contributed by atoms with Crippen LogP contribution in [0.3, 0.4) is 0 Å². The van der Waals surface area contributed by atoms with Crippen molar-refractivity contribution in [2.75, 3.05) is 6.61 Å². The molecule has 0 radical (unpaired) electrons. The number of rotatable bonds is 3. The largest absolute Gasteiger partial charge is 0.433 e. The summed E-state index contributed by atoms with van der Waals surface area (Å²) >= 11 is 1.32. The quantitative estimate of drug-likeness (QED) is 0.527. The van der Waals surface area contributed by atoms with Gasteiger partial charge in [0, 0.05) is 22.4 Å². The van der Waals surface area contributed by atoms with Crippen LogP contribution in [-0.4, -0.2) is 16.3 Å². The number of alkyl halides is 6. The minimum absolute atomic E-state index is 0.355. The monoisotopic (exact) mass is 421 g/mol. The van der Waals surface area contributed by atoms with Gasteiger partial charge >= 0.3 is 12.4 Å². The molecule has 1 fully saturated rings. The van der Waals surface area contributed by atoms with E-state index >= 15 is 0 Å². The summed E-state index contributed by atoms with van der Waals surface area (Å²) in [6.07, 6.45) is -7.19. The minimum Gasteiger partial charge on any atom is -0.373 e. The Morgan fingerprint density at radius 1 is 1.07 bits per heavy atom. The molecule has 28 heavy (non-hydrogen) atoms. The second kappa shape index (κ2) is 7.59. The van der Waals surface area contributed by atoms with Gasteiger partial charge in [-0.3, -0.25) is 4.98 Å². The number of nitrogens with zero attached hydrogens (tertiary/aromatic N) is 1. The predicted octanol–water partition coefficient (Wildman–Crippen LogP) is 6.52. The number of halogens is 6. The Morgan fingerprint density at radius 3 is 2.43 bits per heavy atom. The van der Waals surface area contributed by atoms with Crippen molar-refractivity contribution in [1.29, 1.82) is 0 Å². The fourth-order valence-electron chi connectivity index (χ4n) is 3.06. The molecule has 0 bridgehead atoms. The van der Waals surface area contributed by atoms with Crippen LogP contribution in [0.15, 0.2) is 47.5 Å². The Morgan fingerprint density at radius 2 is 1.82 bits per heavy atom. The molecule has 0 aliphatic carbocycles. The summed E-state index contributed by atoms with van der Waals surface area (Å²) < 4.78 is 82.0. The van der Waals surface area contributed by atoms with Gasteiger partial charge in [0.25, 0.3) is 0 Å². The summed E-state index contributed by atoms with van der Waals surface area (Å²) in [7, 11) is 0. The Bertz CT molecular complexity index is 820. The molecular formula is C19H17F6NOS. The van der Waals surface area contributed by atoms with E-state index < -0.39 is 34.5 Å². The maximum absolute atomic E-state index is 12.9. The van der Waals surface area contributed by atoms with Crippen molar-refractivity contribution >= 4 is 11.8 Å². The Kier molecular flexibility index (Phi) is 5.69. The predicted molar refractivity (Wildman–Crippen MR) is 92.9 cm³/mol. The van der Waals surface area contributed by atoms with Crippen LogP contribution in [0.25, 0.3) is 0 Å². The number of ether oxygens (including phenoxy) is 1. The van der Waals surface area contributed by atoms with Crippen molar-refractivity contribution in [1.82, 2.24) is 4.98 Å². The second-order valence-electron chi connectivity index (χ2n) is 6.87. The van der Waals surface area contributed by atoms with Crippen LogP contribution in [0.5, 0.6) is 0 Å². The van der Waals surface area contributed by atoms with Gasteiger partial charge in [-0.25, -0.2) is 0 Å². The highest BCUT2D eigenvalue weighted by atomic mass is 32.2. The summed E-state index contributed by atoms with van der Waals surface area (Å²) in [6.45, 7) is 2.28. The topological polar surface area (TPSA) is 22.1 Å². The molecule has 1 aliphatic heterocycles. The van der Waals surface area contributed by atoms with Crippen molar-refractivity contribution in [2.24, 2.45) is 0 Å². The molecule has 1 aliphatic rings. The number of aromatic nitrogens is 1. The van der Waals surface area contributed by atoms with Crippen LogP contribution in [0, 0.1) is 0 Å². The molecule has 0 saturated carbocycles. The zero-order valence-electron chi connectivity index (χ0n) is 14.8. The van der Waals surface area contributed by atoms with Crippen LogP contribution in [-0.2, 0) is 17.1 Å². The summed E-state index contributed by atoms with van der Waals surface area (Å²) in [5, 5.41) is 0. The zero-order valence-corrected chi connectivity index (χ0v) is 15.6. The molecule has 9 heteroatoms. The number of benzene rings is 1. The fraction of sp³-hybridized carbons (Fsp3) is 0.421. The lowest BCUT2D eigenvalue weighted by Gasteiger charge is -2.38. The van der Waals surface area contributed by atoms with Crippen LogP contribution in [0.4, 0.5) is 26.3 Å². The van der Waals surface area contributed by atoms with E-state index in [4.69, 9.17) is 4.74 Å². The molecule has 2 atom stereocenters. The maximum atomic E-state index is 12.9. The second-order valence-corrected chi connectivity index (χ2v) is 8.53. The molecule has 3 rings (SSSR count). The van der Waals surface area contributed by atoms with Crippen LogP contribution >= 0.6 is 11.8 Å². The normalized spacial score (nSPS) is 23.6. The third-order valence-electron chi connectivity index (χ3n) is 4.54. The fourth-order valence-corrected chi connectivity index (χ4v) is 4.38. The molecular weight excluding hydrogens is 404 g/mol. The van der Waals surface area contributed by atoms with Gasteiger partial charge in [0.2, 0.25) is 0 Å². The first-order valence-corrected chi connectivity index (χ1v) is 9.29. The molecule has 0 spiro atoms. The van der Waals surface area contributed by atoms with Crippen molar-refractivity contribution in [2.45, 2.75) is 47.9 Å². The molecule has 2 heterocycles. The lowest BCUT2D eigenvalue weighted by molar-refractivity contribution is -0.141. The number of hydrogen-bond acceptors (Lipinski definition) is 3. The van der Waals surface area contributed by atoms with Crippen molar-refractivity contribution < 1.29 is 31.1 Å². The van der Waals surface area contributed by atoms with Gasteiger partial charge in [0.05, 0.1) is 11.7 Å². The van der Waals surface area contributed by atoms with E-state index in [1.807, 2.05) is 6.92 Å². The van der Waals surface area contributed by atoms with Gasteiger partial charge in [-0.05, 0) is 49.6 Å². The molecule has 1 aromatic heterocycles. The van der Waals surface area contributed by atoms with Crippen LogP contribution in [0.1, 0.15) is 42.7 Å². The van der Waals surface area contributed by atoms with Gasteiger partial charge in [-0.15, -0.1) is 11.8 Å². The number of thioether (sulfide) groups is 1. The first-order chi connectivity index (χ1) is 13.0. The highest BCUT2D eigenvalue weighted by molar-refractivity contribution is 8.00. The van der Waals surface area contributed by atoms with Crippen molar-refractivity contribution in [3.8, 4) is 0 Å². The lowest BCUT2D eigenvalue weighted by atomic mass is 9.93. The molecule has 152 valence electrons. The van der Waals surface area contributed by atoms with Crippen LogP contribution in [0.2, 0.25) is 0 Å². The van der Waals surface area contributed by atoms with E-state index in [2.05, 4.69) is 4.98 Å². The standard InChI is InChI=1S/C19H17F6NOS/c1-17(28-14-4-2-3-13(9-14)18(20,21)22)7-8-27-15(10-17)12-5-6-16(26-11-12)19(23,24)25/h2-6,9,11,15H,7-8,10H2,1H3. The zero-order chi connectivity index (χ0) is 20.6. The Labute approximate surface area is 162 Å². The molecule has 2 nitrogen and oxygen atoms in total. The summed E-state index contributed by atoms with van der Waals surface area (Å²) in [4.78, 5) is 3.95. The van der Waals surface area contributed by atoms with E-state index in [0.29, 0.717) is 29.9 Å². The Hall–Kier alpha value is -1.74. The Balaban J connectivity index is 1.75. The van der Waals surface area contributed by atoms with Gasteiger partial charge in [-0.2, -0.15) is 26.3 Å². The van der Waals surface area contributed by atoms with Gasteiger partial charge < -0.3 is 4.74 Å². The van der Waals surface area contributed by atoms with E-state index in [9.17, 15) is 26.3 Å². The van der Waals surface area contributed by atoms with Crippen molar-refractivity contribution in [3.05, 3.63) is 59.4 Å². The summed E-state index contributed by atoms with van der Waals surface area (Å²) in [5.74, 6) is 0. The van der Waals surface area contributed by atoms with Crippen LogP contribution < -0.4 is 0 Å². The van der Waals surface area contributed by atoms with Crippen molar-refractivity contribution in [3.63, 3.8) is 0 Å². The molecule has 1 saturated heterocycles. The molecule has 2 unspecified atom stereocenters. The van der Waals surface area contributed by atoms with E-state index in [1.54, 1.807) is 6.07 Å². The first kappa shape index (κ1) is 21.0.